The Kier molecular flexibility index (Phi) is 9.67. The minimum atomic E-state index is -1.90. The van der Waals surface area contributed by atoms with E-state index in [1.54, 1.807) is 0 Å². The molecule has 1 amide bonds. The van der Waals surface area contributed by atoms with Crippen molar-refractivity contribution >= 4 is 25.4 Å². The van der Waals surface area contributed by atoms with Gasteiger partial charge >= 0.3 is 6.09 Å². The second kappa shape index (κ2) is 12.9. The minimum absolute atomic E-state index is 0.112. The summed E-state index contributed by atoms with van der Waals surface area (Å²) in [6.45, 7) is 22.0. The highest BCUT2D eigenvalue weighted by Gasteiger charge is 2.51. The highest BCUT2D eigenvalue weighted by atomic mass is 28.4. The van der Waals surface area contributed by atoms with Gasteiger partial charge < -0.3 is 14.1 Å². The summed E-state index contributed by atoms with van der Waals surface area (Å²) in [7, 11) is -1.90. The van der Waals surface area contributed by atoms with E-state index in [0.717, 1.165) is 62.1 Å². The van der Waals surface area contributed by atoms with E-state index in [1.165, 1.54) is 11.3 Å². The molecule has 1 unspecified atom stereocenters. The molecule has 2 aromatic heterocycles. The summed E-state index contributed by atoms with van der Waals surface area (Å²) in [5.74, 6) is 1.29. The van der Waals surface area contributed by atoms with Crippen LogP contribution in [0.3, 0.4) is 0 Å². The molecule has 0 spiro atoms. The molecular formula is C36H56N5O3Si+. The second-order valence-corrected chi connectivity index (χ2v) is 20.8. The minimum Gasteiger partial charge on any atom is -0.435 e. The first-order valence-corrected chi connectivity index (χ1v) is 19.9. The zero-order valence-electron chi connectivity index (χ0n) is 29.0. The van der Waals surface area contributed by atoms with Gasteiger partial charge in [-0.25, -0.2) is 9.47 Å². The smallest absolute Gasteiger partial charge is 0.435 e. The van der Waals surface area contributed by atoms with E-state index in [4.69, 9.17) is 14.4 Å². The summed E-state index contributed by atoms with van der Waals surface area (Å²) < 4.78 is 9.23. The maximum Gasteiger partial charge on any atom is 0.513 e. The quantitative estimate of drug-likeness (QED) is 0.190. The average molecular weight is 635 g/mol. The van der Waals surface area contributed by atoms with Crippen LogP contribution in [0, 0.1) is 5.92 Å². The van der Waals surface area contributed by atoms with Gasteiger partial charge in [0.1, 0.15) is 11.4 Å². The molecule has 1 aliphatic carbocycles. The van der Waals surface area contributed by atoms with Crippen molar-refractivity contribution in [3.05, 3.63) is 59.7 Å². The summed E-state index contributed by atoms with van der Waals surface area (Å²) in [5.41, 5.74) is 4.30. The number of nitrogens with zero attached hydrogens (tertiary/aromatic N) is 5. The van der Waals surface area contributed by atoms with Crippen molar-refractivity contribution in [1.29, 1.82) is 0 Å². The summed E-state index contributed by atoms with van der Waals surface area (Å²) in [4.78, 5) is 25.4. The summed E-state index contributed by atoms with van der Waals surface area (Å²) in [6, 6.07) is 12.9. The van der Waals surface area contributed by atoms with E-state index >= 15 is 0 Å². The molecule has 5 rings (SSSR count). The SMILES string of the molecule is CC(C)(C)[N+]1(C(=O)O)CCC[C@H](Cn2c(CN(CCO[Si](C)(C)C(C)(C)C)[C@H]3CCCc4cccnc43)nc3ccccc32)C1. The molecule has 246 valence electrons. The van der Waals surface area contributed by atoms with Gasteiger partial charge in [0.2, 0.25) is 0 Å². The Morgan fingerprint density at radius 1 is 1.09 bits per heavy atom. The number of amides is 1. The van der Waals surface area contributed by atoms with Crippen LogP contribution in [0.25, 0.3) is 11.0 Å². The van der Waals surface area contributed by atoms with E-state index in [0.29, 0.717) is 26.2 Å². The standard InChI is InChI=1S/C36H55N5O3Si/c1-35(2,3)41(34(42)43)22-13-14-27(26-41)24-40-30-18-10-9-17-29(30)38-32(40)25-39(21-23-44-45(7,8)36(4,5)6)31-19-11-15-28-16-12-20-37-33(28)31/h9-10,12,16-18,20,27,31H,11,13-15,19,21-26H2,1-8H3/p+1/t27-,31+,41?/m1/s1. The molecule has 1 fully saturated rings. The largest absolute Gasteiger partial charge is 0.513 e. The summed E-state index contributed by atoms with van der Waals surface area (Å²) >= 11 is 0. The van der Waals surface area contributed by atoms with Crippen molar-refractivity contribution in [3.8, 4) is 0 Å². The monoisotopic (exact) mass is 634 g/mol. The molecular weight excluding hydrogens is 579 g/mol. The van der Waals surface area contributed by atoms with Crippen LogP contribution in [-0.2, 0) is 23.9 Å². The van der Waals surface area contributed by atoms with Gasteiger partial charge in [0.15, 0.2) is 8.32 Å². The van der Waals surface area contributed by atoms with Crippen LogP contribution in [0.4, 0.5) is 4.79 Å². The van der Waals surface area contributed by atoms with Crippen LogP contribution in [0.5, 0.6) is 0 Å². The second-order valence-electron chi connectivity index (χ2n) is 16.0. The number of carboxylic acid groups (broad SMARTS) is 1. The van der Waals surface area contributed by atoms with Crippen molar-refractivity contribution < 1.29 is 18.8 Å². The first kappa shape index (κ1) is 33.8. The molecule has 45 heavy (non-hydrogen) atoms. The number of hydrogen-bond acceptors (Lipinski definition) is 5. The average Bonchev–Trinajstić information content (AvgIpc) is 3.31. The topological polar surface area (TPSA) is 80.5 Å². The number of rotatable bonds is 9. The zero-order chi connectivity index (χ0) is 32.6. The Bertz CT molecular complexity index is 1490. The lowest BCUT2D eigenvalue weighted by Crippen LogP contribution is -2.67. The molecule has 1 N–H and O–H groups in total. The lowest BCUT2D eigenvalue weighted by Gasteiger charge is -2.48. The Labute approximate surface area is 271 Å². The van der Waals surface area contributed by atoms with Crippen LogP contribution in [-0.4, -0.2) is 75.2 Å². The fourth-order valence-corrected chi connectivity index (χ4v) is 8.34. The molecule has 1 aromatic carbocycles. The van der Waals surface area contributed by atoms with Crippen LogP contribution in [0.2, 0.25) is 18.1 Å². The third-order valence-electron chi connectivity index (χ3n) is 11.1. The van der Waals surface area contributed by atoms with E-state index in [2.05, 4.69) is 101 Å². The van der Waals surface area contributed by atoms with E-state index in [-0.39, 0.29) is 27.0 Å². The molecule has 3 aromatic rings. The molecule has 2 aliphatic rings. The number of hydrogen-bond donors (Lipinski definition) is 1. The van der Waals surface area contributed by atoms with Crippen LogP contribution >= 0.6 is 0 Å². The number of imidazole rings is 1. The van der Waals surface area contributed by atoms with Gasteiger partial charge in [-0.15, -0.1) is 0 Å². The normalized spacial score (nSPS) is 23.0. The maximum atomic E-state index is 12.7. The van der Waals surface area contributed by atoms with Crippen molar-refractivity contribution in [2.24, 2.45) is 5.92 Å². The van der Waals surface area contributed by atoms with Gasteiger partial charge in [-0.1, -0.05) is 39.0 Å². The molecule has 3 atom stereocenters. The van der Waals surface area contributed by atoms with Crippen LogP contribution in [0.1, 0.15) is 90.3 Å². The third-order valence-corrected chi connectivity index (χ3v) is 15.7. The maximum absolute atomic E-state index is 12.7. The van der Waals surface area contributed by atoms with Gasteiger partial charge in [-0.2, -0.15) is 4.79 Å². The number of fused-ring (bicyclic) bond motifs is 2. The number of likely N-dealkylation sites (tertiary alicyclic amines) is 1. The highest BCUT2D eigenvalue weighted by molar-refractivity contribution is 6.74. The Morgan fingerprint density at radius 2 is 1.84 bits per heavy atom. The Balaban J connectivity index is 1.48. The molecule has 3 heterocycles. The fraction of sp³-hybridized carbons (Fsp3) is 0.639. The molecule has 0 bridgehead atoms. The van der Waals surface area contributed by atoms with Gasteiger partial charge in [0.25, 0.3) is 0 Å². The predicted molar refractivity (Wildman–Crippen MR) is 184 cm³/mol. The van der Waals surface area contributed by atoms with Gasteiger partial charge in [-0.3, -0.25) is 9.88 Å². The Morgan fingerprint density at radius 3 is 2.56 bits per heavy atom. The number of benzene rings is 1. The number of para-hydroxylation sites is 2. The van der Waals surface area contributed by atoms with Gasteiger partial charge in [0.05, 0.1) is 42.4 Å². The van der Waals surface area contributed by atoms with Gasteiger partial charge in [0, 0.05) is 31.8 Å². The number of quaternary nitrogens is 1. The van der Waals surface area contributed by atoms with E-state index in [1.807, 2.05) is 6.20 Å². The molecule has 0 radical (unpaired) electrons. The highest BCUT2D eigenvalue weighted by Crippen LogP contribution is 2.38. The fourth-order valence-electron chi connectivity index (χ4n) is 7.30. The van der Waals surface area contributed by atoms with Crippen molar-refractivity contribution in [2.45, 2.75) is 116 Å². The molecule has 1 saturated heterocycles. The Hall–Kier alpha value is -2.59. The molecule has 1 aliphatic heterocycles. The van der Waals surface area contributed by atoms with Crippen molar-refractivity contribution in [2.75, 3.05) is 26.2 Å². The van der Waals surface area contributed by atoms with Crippen molar-refractivity contribution in [1.82, 2.24) is 19.4 Å². The first-order chi connectivity index (χ1) is 21.1. The lowest BCUT2D eigenvalue weighted by atomic mass is 9.89. The summed E-state index contributed by atoms with van der Waals surface area (Å²) in [6.07, 6.45) is 6.45. The van der Waals surface area contributed by atoms with Crippen molar-refractivity contribution in [3.63, 3.8) is 0 Å². The number of piperidine rings is 1. The molecule has 9 heteroatoms. The van der Waals surface area contributed by atoms with E-state index < -0.39 is 14.4 Å². The predicted octanol–water partition coefficient (Wildman–Crippen LogP) is 8.04. The number of carbonyl (C=O) groups is 1. The lowest BCUT2D eigenvalue weighted by molar-refractivity contribution is -0.911. The van der Waals surface area contributed by atoms with Gasteiger partial charge in [-0.05, 0) is 94.8 Å². The summed E-state index contributed by atoms with van der Waals surface area (Å²) in [5, 5.41) is 10.6. The molecule has 8 nitrogen and oxygen atoms in total. The first-order valence-electron chi connectivity index (χ1n) is 17.0. The van der Waals surface area contributed by atoms with Crippen LogP contribution < -0.4 is 0 Å². The third kappa shape index (κ3) is 6.92. The number of aryl methyl sites for hydroxylation is 1. The zero-order valence-corrected chi connectivity index (χ0v) is 30.0. The number of aromatic nitrogens is 3. The molecule has 0 saturated carbocycles. The van der Waals surface area contributed by atoms with Crippen LogP contribution in [0.15, 0.2) is 42.6 Å². The number of pyridine rings is 1. The van der Waals surface area contributed by atoms with E-state index in [9.17, 15) is 9.90 Å².